The maximum atomic E-state index is 14.9. The minimum Gasteiger partial charge on any atom is -0.508 e. The van der Waals surface area contributed by atoms with Crippen molar-refractivity contribution in [2.75, 3.05) is 4.90 Å². The van der Waals surface area contributed by atoms with Crippen LogP contribution in [0.15, 0.2) is 100 Å². The standard InChI is InChI=1S/C31H25ClN4O5/c1-33-29(40)34-15-14-21-24(36(34)30(33)41)17-23-27(38)35(20-11-7-10-19(32)16-20)28(39)31(23,18-8-3-2-4-9-18)26(21)22-12-5-6-13-25(22)37/h2-14,16,23-24,26,37H,15,17H2,1H3/t23-,24+,26+,31+/m0/s1. The second-order valence-corrected chi connectivity index (χ2v) is 11.2. The molecule has 2 amide bonds. The summed E-state index contributed by atoms with van der Waals surface area (Å²) in [7, 11) is 1.42. The predicted molar refractivity (Wildman–Crippen MR) is 152 cm³/mol. The fourth-order valence-corrected chi connectivity index (χ4v) is 7.38. The monoisotopic (exact) mass is 568 g/mol. The number of halogens is 1. The normalized spacial score (nSPS) is 25.0. The molecule has 0 unspecified atom stereocenters. The molecule has 41 heavy (non-hydrogen) atoms. The molecule has 2 fully saturated rings. The highest BCUT2D eigenvalue weighted by molar-refractivity contribution is 6.32. The average Bonchev–Trinajstić information content (AvgIpc) is 3.34. The number of imide groups is 1. The van der Waals surface area contributed by atoms with E-state index in [1.54, 1.807) is 48.5 Å². The van der Waals surface area contributed by atoms with Crippen LogP contribution in [-0.4, -0.2) is 30.9 Å². The Hall–Kier alpha value is -4.63. The number of aromatic nitrogens is 3. The van der Waals surface area contributed by atoms with Crippen LogP contribution < -0.4 is 16.3 Å². The maximum absolute atomic E-state index is 14.9. The summed E-state index contributed by atoms with van der Waals surface area (Å²) >= 11 is 6.29. The number of carbonyl (C=O) groups excluding carboxylic acids is 2. The zero-order chi connectivity index (χ0) is 28.6. The minimum absolute atomic E-state index is 0.0297. The van der Waals surface area contributed by atoms with E-state index >= 15 is 0 Å². The molecule has 1 saturated carbocycles. The van der Waals surface area contributed by atoms with Crippen molar-refractivity contribution in [1.82, 2.24) is 13.9 Å². The fourth-order valence-electron chi connectivity index (χ4n) is 7.19. The van der Waals surface area contributed by atoms with Gasteiger partial charge >= 0.3 is 11.4 Å². The third kappa shape index (κ3) is 3.29. The van der Waals surface area contributed by atoms with E-state index in [1.807, 2.05) is 36.4 Å². The summed E-state index contributed by atoms with van der Waals surface area (Å²) in [6.45, 7) is 0.112. The van der Waals surface area contributed by atoms with Crippen molar-refractivity contribution >= 4 is 29.1 Å². The van der Waals surface area contributed by atoms with Crippen LogP contribution in [0.1, 0.15) is 29.5 Å². The number of amides is 2. The average molecular weight is 569 g/mol. The van der Waals surface area contributed by atoms with Crippen LogP contribution in [0, 0.1) is 5.92 Å². The number of phenolic OH excluding ortho intramolecular Hbond substituents is 1. The zero-order valence-corrected chi connectivity index (χ0v) is 22.7. The number of hydrogen-bond acceptors (Lipinski definition) is 5. The lowest BCUT2D eigenvalue weighted by Gasteiger charge is -2.49. The molecule has 7 rings (SSSR count). The number of nitrogens with zero attached hydrogens (tertiary/aromatic N) is 4. The first-order valence-corrected chi connectivity index (χ1v) is 13.7. The quantitative estimate of drug-likeness (QED) is 0.301. The Balaban J connectivity index is 1.57. The number of fused-ring (bicyclic) bond motifs is 4. The van der Waals surface area contributed by atoms with Gasteiger partial charge in [-0.1, -0.05) is 72.3 Å². The number of anilines is 1. The van der Waals surface area contributed by atoms with E-state index in [4.69, 9.17) is 11.6 Å². The molecule has 206 valence electrons. The Morgan fingerprint density at radius 1 is 0.902 bits per heavy atom. The Morgan fingerprint density at radius 2 is 1.63 bits per heavy atom. The largest absolute Gasteiger partial charge is 0.508 e. The summed E-state index contributed by atoms with van der Waals surface area (Å²) in [6, 6.07) is 21.8. The van der Waals surface area contributed by atoms with Crippen molar-refractivity contribution in [1.29, 1.82) is 0 Å². The van der Waals surface area contributed by atoms with Crippen molar-refractivity contribution in [3.8, 4) is 5.75 Å². The molecule has 3 heterocycles. The van der Waals surface area contributed by atoms with Crippen LogP contribution in [0.25, 0.3) is 0 Å². The van der Waals surface area contributed by atoms with Gasteiger partial charge in [-0.25, -0.2) is 28.4 Å². The Kier molecular flexibility index (Phi) is 5.53. The molecule has 2 aliphatic heterocycles. The van der Waals surface area contributed by atoms with E-state index < -0.39 is 46.5 Å². The first-order valence-electron chi connectivity index (χ1n) is 13.3. The molecule has 4 atom stereocenters. The van der Waals surface area contributed by atoms with Crippen LogP contribution in [0.2, 0.25) is 5.02 Å². The summed E-state index contributed by atoms with van der Waals surface area (Å²) in [5.74, 6) is -2.62. The summed E-state index contributed by atoms with van der Waals surface area (Å²) in [5.41, 5.74) is -0.263. The third-order valence-corrected chi connectivity index (χ3v) is 9.10. The third-order valence-electron chi connectivity index (χ3n) is 8.87. The molecule has 1 saturated heterocycles. The van der Waals surface area contributed by atoms with Gasteiger partial charge in [0, 0.05) is 23.6 Å². The lowest BCUT2D eigenvalue weighted by molar-refractivity contribution is -0.124. The maximum Gasteiger partial charge on any atom is 0.347 e. The Labute approximate surface area is 239 Å². The summed E-state index contributed by atoms with van der Waals surface area (Å²) in [4.78, 5) is 56.9. The molecular weight excluding hydrogens is 544 g/mol. The zero-order valence-electron chi connectivity index (χ0n) is 22.0. The molecule has 0 bridgehead atoms. The number of para-hydroxylation sites is 1. The topological polar surface area (TPSA) is 107 Å². The van der Waals surface area contributed by atoms with Gasteiger partial charge in [0.25, 0.3) is 0 Å². The van der Waals surface area contributed by atoms with Gasteiger partial charge in [0.2, 0.25) is 11.8 Å². The molecule has 4 aromatic rings. The van der Waals surface area contributed by atoms with Gasteiger partial charge in [0.1, 0.15) is 5.75 Å². The van der Waals surface area contributed by atoms with Crippen molar-refractivity contribution < 1.29 is 14.7 Å². The summed E-state index contributed by atoms with van der Waals surface area (Å²) < 4.78 is 3.81. The second kappa shape index (κ2) is 8.94. The van der Waals surface area contributed by atoms with E-state index in [0.29, 0.717) is 27.4 Å². The minimum atomic E-state index is -1.44. The van der Waals surface area contributed by atoms with E-state index in [-0.39, 0.29) is 18.7 Å². The first kappa shape index (κ1) is 25.3. The molecule has 1 N–H and O–H groups in total. The second-order valence-electron chi connectivity index (χ2n) is 10.7. The molecule has 9 nitrogen and oxygen atoms in total. The molecular formula is C31H25ClN4O5. The van der Waals surface area contributed by atoms with Crippen molar-refractivity contribution in [3.05, 3.63) is 128 Å². The number of aromatic hydroxyl groups is 1. The van der Waals surface area contributed by atoms with Crippen LogP contribution in [0.3, 0.4) is 0 Å². The van der Waals surface area contributed by atoms with Crippen LogP contribution in [-0.2, 0) is 28.6 Å². The van der Waals surface area contributed by atoms with Gasteiger partial charge in [-0.15, -0.1) is 0 Å². The smallest absolute Gasteiger partial charge is 0.347 e. The van der Waals surface area contributed by atoms with Gasteiger partial charge in [0.15, 0.2) is 0 Å². The van der Waals surface area contributed by atoms with E-state index in [0.717, 1.165) is 4.57 Å². The highest BCUT2D eigenvalue weighted by atomic mass is 35.5. The van der Waals surface area contributed by atoms with E-state index in [1.165, 1.54) is 21.3 Å². The van der Waals surface area contributed by atoms with Gasteiger partial charge in [-0.3, -0.25) is 9.59 Å². The first-order chi connectivity index (χ1) is 19.8. The van der Waals surface area contributed by atoms with E-state index in [2.05, 4.69) is 0 Å². The SMILES string of the molecule is Cn1c(=O)n2n(c1=O)[C@@H]1C[C@H]3C(=O)N(c4cccc(Cl)c4)C(=O)[C@@]3(c3ccccc3)[C@@H](c3ccccc3O)C1=CC2. The lowest BCUT2D eigenvalue weighted by Crippen LogP contribution is -2.53. The van der Waals surface area contributed by atoms with Crippen molar-refractivity contribution in [2.45, 2.75) is 30.3 Å². The predicted octanol–water partition coefficient (Wildman–Crippen LogP) is 3.50. The van der Waals surface area contributed by atoms with Gasteiger partial charge < -0.3 is 5.11 Å². The van der Waals surface area contributed by atoms with E-state index in [9.17, 15) is 24.3 Å². The highest BCUT2D eigenvalue weighted by Gasteiger charge is 2.68. The Bertz CT molecular complexity index is 1910. The molecule has 1 aromatic heterocycles. The number of rotatable bonds is 3. The number of allylic oxidation sites excluding steroid dienone is 2. The van der Waals surface area contributed by atoms with Gasteiger partial charge in [-0.2, -0.15) is 0 Å². The van der Waals surface area contributed by atoms with Crippen molar-refractivity contribution in [3.63, 3.8) is 0 Å². The highest BCUT2D eigenvalue weighted by Crippen LogP contribution is 2.63. The molecule has 10 heteroatoms. The Morgan fingerprint density at radius 3 is 2.37 bits per heavy atom. The molecule has 0 radical (unpaired) electrons. The van der Waals surface area contributed by atoms with Gasteiger partial charge in [-0.05, 0) is 41.8 Å². The molecule has 0 spiro atoms. The fraction of sp³-hybridized carbons (Fsp3) is 0.226. The van der Waals surface area contributed by atoms with Crippen LogP contribution >= 0.6 is 11.6 Å². The number of hydrogen-bond donors (Lipinski definition) is 1. The molecule has 3 aromatic carbocycles. The summed E-state index contributed by atoms with van der Waals surface area (Å²) in [5, 5.41) is 11.6. The number of phenols is 1. The van der Waals surface area contributed by atoms with Crippen LogP contribution in [0.4, 0.5) is 5.69 Å². The lowest BCUT2D eigenvalue weighted by atomic mass is 9.53. The van der Waals surface area contributed by atoms with Crippen molar-refractivity contribution in [2.24, 2.45) is 13.0 Å². The number of benzene rings is 3. The van der Waals surface area contributed by atoms with Gasteiger partial charge in [0.05, 0.1) is 29.6 Å². The molecule has 3 aliphatic rings. The summed E-state index contributed by atoms with van der Waals surface area (Å²) in [6.07, 6.45) is 1.97. The van der Waals surface area contributed by atoms with Crippen LogP contribution in [0.5, 0.6) is 5.75 Å². The number of carbonyl (C=O) groups is 2. The molecule has 1 aliphatic carbocycles.